The summed E-state index contributed by atoms with van der Waals surface area (Å²) >= 11 is 5.04. The highest BCUT2D eigenvalue weighted by molar-refractivity contribution is 9.10. The summed E-state index contributed by atoms with van der Waals surface area (Å²) in [6.07, 6.45) is 0. The lowest BCUT2D eigenvalue weighted by Gasteiger charge is -2.04. The van der Waals surface area contributed by atoms with Crippen LogP contribution in [0.25, 0.3) is 0 Å². The number of hydrogen-bond donors (Lipinski definition) is 0. The molecule has 1 aromatic heterocycles. The molecule has 0 unspecified atom stereocenters. The van der Waals surface area contributed by atoms with Crippen LogP contribution in [0, 0.1) is 18.3 Å². The number of aromatic nitrogens is 1. The molecule has 0 saturated carbocycles. The predicted molar refractivity (Wildman–Crippen MR) is 72.0 cm³/mol. The lowest BCUT2D eigenvalue weighted by molar-refractivity contribution is 1.06. The van der Waals surface area contributed by atoms with Gasteiger partial charge in [0.05, 0.1) is 11.6 Å². The fourth-order valence-corrected chi connectivity index (χ4v) is 2.84. The largest absolute Gasteiger partial charge is 0.246 e. The van der Waals surface area contributed by atoms with Crippen LogP contribution in [0.3, 0.4) is 0 Å². The van der Waals surface area contributed by atoms with Gasteiger partial charge in [0.2, 0.25) is 0 Å². The van der Waals surface area contributed by atoms with Gasteiger partial charge < -0.3 is 0 Å². The van der Waals surface area contributed by atoms with E-state index in [1.54, 1.807) is 23.9 Å². The van der Waals surface area contributed by atoms with Crippen LogP contribution in [-0.2, 0) is 0 Å². The first kappa shape index (κ1) is 12.2. The van der Waals surface area contributed by atoms with Gasteiger partial charge in [0.25, 0.3) is 0 Å². The van der Waals surface area contributed by atoms with Crippen LogP contribution in [0.2, 0.25) is 0 Å². The Morgan fingerprint density at radius 3 is 2.76 bits per heavy atom. The summed E-state index contributed by atoms with van der Waals surface area (Å²) < 4.78 is 1.03. The predicted octanol–water partition coefficient (Wildman–Crippen LogP) is 4.18. The number of pyridine rings is 1. The van der Waals surface area contributed by atoms with Gasteiger partial charge in [-0.3, -0.25) is 0 Å². The Morgan fingerprint density at radius 2 is 2.06 bits per heavy atom. The van der Waals surface area contributed by atoms with Crippen molar-refractivity contribution >= 4 is 27.7 Å². The average molecular weight is 305 g/mol. The molecule has 0 atom stereocenters. The molecule has 0 aliphatic rings. The van der Waals surface area contributed by atoms with Crippen molar-refractivity contribution in [2.45, 2.75) is 16.8 Å². The lowest BCUT2D eigenvalue weighted by Crippen LogP contribution is -1.87. The molecule has 0 saturated heterocycles. The fraction of sp³-hybridized carbons (Fsp3) is 0.0769. The third-order valence-corrected chi connectivity index (χ3v) is 4.06. The maximum absolute atomic E-state index is 8.91. The topological polar surface area (TPSA) is 36.7 Å². The first-order valence-corrected chi connectivity index (χ1v) is 6.61. The van der Waals surface area contributed by atoms with Gasteiger partial charge in [0.1, 0.15) is 5.03 Å². The molecular weight excluding hydrogens is 296 g/mol. The Balaban J connectivity index is 2.34. The number of halogens is 1. The van der Waals surface area contributed by atoms with E-state index >= 15 is 0 Å². The number of hydrogen-bond acceptors (Lipinski definition) is 3. The minimum Gasteiger partial charge on any atom is -0.246 e. The van der Waals surface area contributed by atoms with Crippen LogP contribution >= 0.6 is 27.7 Å². The van der Waals surface area contributed by atoms with E-state index in [-0.39, 0.29) is 0 Å². The SMILES string of the molecule is Cc1cc(C#N)cc(Sc2ccccc2Br)n1. The third kappa shape index (κ3) is 3.09. The van der Waals surface area contributed by atoms with Crippen LogP contribution in [0.1, 0.15) is 11.3 Å². The summed E-state index contributed by atoms with van der Waals surface area (Å²) in [5.41, 5.74) is 1.51. The van der Waals surface area contributed by atoms with Crippen LogP contribution in [0.15, 0.2) is 50.8 Å². The van der Waals surface area contributed by atoms with Gasteiger partial charge >= 0.3 is 0 Å². The summed E-state index contributed by atoms with van der Waals surface area (Å²) in [5, 5.41) is 9.75. The Labute approximate surface area is 113 Å². The molecule has 4 heteroatoms. The average Bonchev–Trinajstić information content (AvgIpc) is 2.31. The summed E-state index contributed by atoms with van der Waals surface area (Å²) in [5.74, 6) is 0. The molecule has 1 heterocycles. The second-order valence-corrected chi connectivity index (χ2v) is 5.40. The molecule has 1 aromatic carbocycles. The molecule has 0 amide bonds. The Hall–Kier alpha value is -1.31. The van der Waals surface area contributed by atoms with Gasteiger partial charge in [-0.2, -0.15) is 5.26 Å². The quantitative estimate of drug-likeness (QED) is 0.835. The maximum atomic E-state index is 8.91. The fourth-order valence-electron chi connectivity index (χ4n) is 1.40. The zero-order chi connectivity index (χ0) is 12.3. The van der Waals surface area contributed by atoms with Crippen molar-refractivity contribution in [3.8, 4) is 6.07 Å². The number of nitriles is 1. The van der Waals surface area contributed by atoms with Crippen molar-refractivity contribution in [3.63, 3.8) is 0 Å². The van der Waals surface area contributed by atoms with E-state index in [1.165, 1.54) is 0 Å². The van der Waals surface area contributed by atoms with E-state index in [0.717, 1.165) is 20.1 Å². The van der Waals surface area contributed by atoms with Crippen LogP contribution < -0.4 is 0 Å². The highest BCUT2D eigenvalue weighted by Gasteiger charge is 2.04. The van der Waals surface area contributed by atoms with Gasteiger partial charge in [0.15, 0.2) is 0 Å². The van der Waals surface area contributed by atoms with Gasteiger partial charge in [-0.25, -0.2) is 4.98 Å². The maximum Gasteiger partial charge on any atom is 0.102 e. The minimum atomic E-state index is 0.645. The van der Waals surface area contributed by atoms with E-state index in [2.05, 4.69) is 27.0 Å². The molecule has 0 aliphatic carbocycles. The Bertz CT molecular complexity index is 590. The van der Waals surface area contributed by atoms with Crippen molar-refractivity contribution in [2.75, 3.05) is 0 Å². The van der Waals surface area contributed by atoms with E-state index in [0.29, 0.717) is 5.56 Å². The molecule has 0 spiro atoms. The van der Waals surface area contributed by atoms with Crippen molar-refractivity contribution < 1.29 is 0 Å². The van der Waals surface area contributed by atoms with Gasteiger partial charge in [-0.05, 0) is 47.1 Å². The Kier molecular flexibility index (Phi) is 3.82. The summed E-state index contributed by atoms with van der Waals surface area (Å²) in [6.45, 7) is 1.89. The van der Waals surface area contributed by atoms with Crippen molar-refractivity contribution in [2.24, 2.45) is 0 Å². The molecule has 84 valence electrons. The van der Waals surface area contributed by atoms with E-state index in [4.69, 9.17) is 5.26 Å². The molecule has 2 aromatic rings. The van der Waals surface area contributed by atoms with Crippen LogP contribution in [0.4, 0.5) is 0 Å². The molecule has 0 fully saturated rings. The Morgan fingerprint density at radius 1 is 1.29 bits per heavy atom. The third-order valence-electron chi connectivity index (χ3n) is 2.11. The standard InChI is InChI=1S/C13H9BrN2S/c1-9-6-10(8-15)7-13(16-9)17-12-5-3-2-4-11(12)14/h2-7H,1H3. The van der Waals surface area contributed by atoms with Crippen LogP contribution in [-0.4, -0.2) is 4.98 Å². The molecule has 2 nitrogen and oxygen atoms in total. The number of benzene rings is 1. The highest BCUT2D eigenvalue weighted by Crippen LogP contribution is 2.32. The smallest absolute Gasteiger partial charge is 0.102 e. The highest BCUT2D eigenvalue weighted by atomic mass is 79.9. The number of nitrogens with zero attached hydrogens (tertiary/aromatic N) is 2. The molecule has 0 bridgehead atoms. The van der Waals surface area contributed by atoms with Crippen molar-refractivity contribution in [3.05, 3.63) is 52.1 Å². The minimum absolute atomic E-state index is 0.645. The number of rotatable bonds is 2. The van der Waals surface area contributed by atoms with E-state index in [1.807, 2.05) is 31.2 Å². The van der Waals surface area contributed by atoms with Gasteiger partial charge in [-0.1, -0.05) is 23.9 Å². The molecule has 17 heavy (non-hydrogen) atoms. The number of aryl methyl sites for hydroxylation is 1. The normalized spacial score (nSPS) is 9.94. The van der Waals surface area contributed by atoms with Crippen molar-refractivity contribution in [1.29, 1.82) is 5.26 Å². The molecule has 0 N–H and O–H groups in total. The molecular formula is C13H9BrN2S. The summed E-state index contributed by atoms with van der Waals surface area (Å²) in [7, 11) is 0. The molecule has 2 rings (SSSR count). The van der Waals surface area contributed by atoms with E-state index in [9.17, 15) is 0 Å². The van der Waals surface area contributed by atoms with Gasteiger partial charge in [0, 0.05) is 15.1 Å². The molecule has 0 aliphatic heterocycles. The summed E-state index contributed by atoms with van der Waals surface area (Å²) in [6, 6.07) is 13.7. The summed E-state index contributed by atoms with van der Waals surface area (Å²) in [4.78, 5) is 5.50. The van der Waals surface area contributed by atoms with E-state index < -0.39 is 0 Å². The van der Waals surface area contributed by atoms with Crippen molar-refractivity contribution in [1.82, 2.24) is 4.98 Å². The second-order valence-electron chi connectivity index (χ2n) is 3.48. The monoisotopic (exact) mass is 304 g/mol. The zero-order valence-electron chi connectivity index (χ0n) is 9.14. The van der Waals surface area contributed by atoms with Crippen LogP contribution in [0.5, 0.6) is 0 Å². The zero-order valence-corrected chi connectivity index (χ0v) is 11.5. The first-order valence-electron chi connectivity index (χ1n) is 5.00. The second kappa shape index (κ2) is 5.35. The lowest BCUT2D eigenvalue weighted by atomic mass is 10.2. The first-order chi connectivity index (χ1) is 8.19. The van der Waals surface area contributed by atoms with Gasteiger partial charge in [-0.15, -0.1) is 0 Å². The molecule has 0 radical (unpaired) electrons.